The first-order valence-electron chi connectivity index (χ1n) is 9.43. The molecule has 0 unspecified atom stereocenters. The molecule has 142 valence electrons. The fraction of sp³-hybridized carbons (Fsp3) is 0.286. The predicted octanol–water partition coefficient (Wildman–Crippen LogP) is 2.59. The number of hydrogen-bond acceptors (Lipinski definition) is 4. The number of imidazole rings is 1. The van der Waals surface area contributed by atoms with Gasteiger partial charge in [0.1, 0.15) is 0 Å². The topological polar surface area (TPSA) is 98.3 Å². The number of nitrogens with zero attached hydrogens (tertiary/aromatic N) is 2. The molecule has 2 heterocycles. The summed E-state index contributed by atoms with van der Waals surface area (Å²) < 4.78 is 0. The molecule has 5 rings (SSSR count). The van der Waals surface area contributed by atoms with Gasteiger partial charge in [-0.05, 0) is 61.1 Å². The molecule has 0 bridgehead atoms. The first-order valence-corrected chi connectivity index (χ1v) is 9.43. The van der Waals surface area contributed by atoms with E-state index in [1.807, 2.05) is 30.3 Å². The van der Waals surface area contributed by atoms with Crippen LogP contribution in [0.1, 0.15) is 34.3 Å². The van der Waals surface area contributed by atoms with Gasteiger partial charge < -0.3 is 4.98 Å². The van der Waals surface area contributed by atoms with Gasteiger partial charge in [0.05, 0.1) is 16.4 Å². The van der Waals surface area contributed by atoms with Crippen molar-refractivity contribution < 1.29 is 14.8 Å². The average molecular weight is 376 g/mol. The summed E-state index contributed by atoms with van der Waals surface area (Å²) in [6.07, 6.45) is 2.96. The smallest absolute Gasteiger partial charge is 0.274 e. The lowest BCUT2D eigenvalue weighted by Crippen LogP contribution is -2.39. The number of benzene rings is 2. The molecule has 3 N–H and O–H groups in total. The number of rotatable bonds is 2. The van der Waals surface area contributed by atoms with E-state index in [0.717, 1.165) is 41.4 Å². The monoisotopic (exact) mass is 376 g/mol. The fourth-order valence-electron chi connectivity index (χ4n) is 4.55. The maximum absolute atomic E-state index is 13.4. The van der Waals surface area contributed by atoms with Gasteiger partial charge in [0.15, 0.2) is 0 Å². The molecule has 7 heteroatoms. The molecule has 28 heavy (non-hydrogen) atoms. The van der Waals surface area contributed by atoms with E-state index < -0.39 is 11.3 Å². The molecule has 0 radical (unpaired) electrons. The van der Waals surface area contributed by atoms with Gasteiger partial charge in [-0.1, -0.05) is 18.2 Å². The number of hydroxylamine groups is 1. The quantitative estimate of drug-likeness (QED) is 0.473. The highest BCUT2D eigenvalue weighted by Gasteiger charge is 2.49. The fourth-order valence-corrected chi connectivity index (χ4v) is 4.55. The summed E-state index contributed by atoms with van der Waals surface area (Å²) >= 11 is 0. The second-order valence-electron chi connectivity index (χ2n) is 7.67. The Bertz CT molecular complexity index is 1070. The van der Waals surface area contributed by atoms with E-state index in [-0.39, 0.29) is 5.91 Å². The van der Waals surface area contributed by atoms with Crippen molar-refractivity contribution >= 4 is 28.8 Å². The van der Waals surface area contributed by atoms with Crippen LogP contribution in [0.25, 0.3) is 11.0 Å². The number of nitrogens with one attached hydrogen (secondary N) is 2. The number of carbonyl (C=O) groups is 2. The lowest BCUT2D eigenvalue weighted by atomic mass is 9.70. The van der Waals surface area contributed by atoms with Gasteiger partial charge in [-0.3, -0.25) is 19.7 Å². The Hall–Kier alpha value is -3.19. The highest BCUT2D eigenvalue weighted by atomic mass is 16.5. The van der Waals surface area contributed by atoms with Gasteiger partial charge in [0.2, 0.25) is 11.9 Å². The number of aromatic amines is 1. The van der Waals surface area contributed by atoms with Crippen molar-refractivity contribution in [2.24, 2.45) is 5.41 Å². The highest BCUT2D eigenvalue weighted by molar-refractivity contribution is 6.00. The van der Waals surface area contributed by atoms with E-state index in [4.69, 9.17) is 5.21 Å². The second-order valence-corrected chi connectivity index (χ2v) is 7.67. The van der Waals surface area contributed by atoms with Crippen LogP contribution in [0.5, 0.6) is 0 Å². The summed E-state index contributed by atoms with van der Waals surface area (Å²) in [6, 6.07) is 13.2. The molecule has 1 atom stereocenters. The lowest BCUT2D eigenvalue weighted by Gasteiger charge is -2.33. The summed E-state index contributed by atoms with van der Waals surface area (Å²) in [5.41, 5.74) is 5.55. The van der Waals surface area contributed by atoms with Crippen molar-refractivity contribution in [2.75, 3.05) is 11.4 Å². The van der Waals surface area contributed by atoms with Gasteiger partial charge in [-0.2, -0.15) is 0 Å². The summed E-state index contributed by atoms with van der Waals surface area (Å²) in [7, 11) is 0. The third kappa shape index (κ3) is 2.51. The van der Waals surface area contributed by atoms with Crippen molar-refractivity contribution in [1.82, 2.24) is 15.4 Å². The summed E-state index contributed by atoms with van der Waals surface area (Å²) in [6.45, 7) is 0.630. The van der Waals surface area contributed by atoms with Crippen LogP contribution in [-0.2, 0) is 17.6 Å². The molecular weight excluding hydrogens is 356 g/mol. The largest absolute Gasteiger partial charge is 0.324 e. The molecule has 1 fully saturated rings. The Labute approximate surface area is 161 Å². The molecule has 2 aromatic carbocycles. The molecule has 1 aromatic heterocycles. The molecule has 7 nitrogen and oxygen atoms in total. The van der Waals surface area contributed by atoms with Crippen LogP contribution in [0.2, 0.25) is 0 Å². The zero-order valence-electron chi connectivity index (χ0n) is 15.2. The van der Waals surface area contributed by atoms with Crippen molar-refractivity contribution in [2.45, 2.75) is 25.7 Å². The van der Waals surface area contributed by atoms with Gasteiger partial charge >= 0.3 is 0 Å². The zero-order chi connectivity index (χ0) is 19.3. The molecule has 2 amide bonds. The maximum atomic E-state index is 13.4. The Kier molecular flexibility index (Phi) is 3.73. The van der Waals surface area contributed by atoms with Crippen LogP contribution in [0.3, 0.4) is 0 Å². The number of H-pyrrole nitrogens is 1. The normalized spacial score (nSPS) is 21.3. The standard InChI is InChI=1S/C21H20N4O3/c26-18(24-28)14-6-5-13-7-8-21(12-15(13)11-14)9-10-25(19(21)27)20-22-16-3-1-2-4-17(16)23-20/h1-6,11,28H,7-10,12H2,(H,22,23)(H,24,26)/t21-/m0/s1. The van der Waals surface area contributed by atoms with Crippen LogP contribution >= 0.6 is 0 Å². The molecule has 2 aliphatic rings. The molecule has 1 aliphatic heterocycles. The number of carbonyl (C=O) groups excluding carboxylic acids is 2. The SMILES string of the molecule is O=C(NO)c1ccc2c(c1)C[C@]1(CC2)CCN(c2nc3ccccc3[nH]2)C1=O. The van der Waals surface area contributed by atoms with E-state index in [1.54, 1.807) is 22.5 Å². The zero-order valence-corrected chi connectivity index (χ0v) is 15.2. The first-order chi connectivity index (χ1) is 13.6. The molecule has 1 saturated heterocycles. The number of aryl methyl sites for hydroxylation is 1. The van der Waals surface area contributed by atoms with Crippen LogP contribution in [0.4, 0.5) is 5.95 Å². The molecule has 1 aliphatic carbocycles. The van der Waals surface area contributed by atoms with Gasteiger partial charge in [-0.15, -0.1) is 0 Å². The van der Waals surface area contributed by atoms with Crippen LogP contribution in [-0.4, -0.2) is 33.5 Å². The Morgan fingerprint density at radius 2 is 2.04 bits per heavy atom. The lowest BCUT2D eigenvalue weighted by molar-refractivity contribution is -0.126. The molecule has 3 aromatic rings. The molecule has 1 spiro atoms. The number of anilines is 1. The average Bonchev–Trinajstić information content (AvgIpc) is 3.28. The van der Waals surface area contributed by atoms with Crippen molar-refractivity contribution in [3.8, 4) is 0 Å². The number of amides is 2. The molecule has 0 saturated carbocycles. The number of aromatic nitrogens is 2. The van der Waals surface area contributed by atoms with Crippen LogP contribution in [0, 0.1) is 5.41 Å². The van der Waals surface area contributed by atoms with E-state index in [9.17, 15) is 9.59 Å². The van der Waals surface area contributed by atoms with Gasteiger partial charge in [-0.25, -0.2) is 10.5 Å². The maximum Gasteiger partial charge on any atom is 0.274 e. The third-order valence-electron chi connectivity index (χ3n) is 6.12. The minimum Gasteiger partial charge on any atom is -0.324 e. The Balaban J connectivity index is 1.45. The van der Waals surface area contributed by atoms with Gasteiger partial charge in [0.25, 0.3) is 5.91 Å². The minimum absolute atomic E-state index is 0.0919. The minimum atomic E-state index is -0.538. The summed E-state index contributed by atoms with van der Waals surface area (Å²) in [5.74, 6) is 0.153. The van der Waals surface area contributed by atoms with E-state index >= 15 is 0 Å². The summed E-state index contributed by atoms with van der Waals surface area (Å²) in [5, 5.41) is 8.89. The Morgan fingerprint density at radius 1 is 1.18 bits per heavy atom. The highest BCUT2D eigenvalue weighted by Crippen LogP contribution is 2.44. The third-order valence-corrected chi connectivity index (χ3v) is 6.12. The van der Waals surface area contributed by atoms with E-state index in [1.165, 1.54) is 0 Å². The van der Waals surface area contributed by atoms with Crippen molar-refractivity contribution in [3.63, 3.8) is 0 Å². The van der Waals surface area contributed by atoms with Crippen LogP contribution < -0.4 is 10.4 Å². The van der Waals surface area contributed by atoms with Crippen molar-refractivity contribution in [3.05, 3.63) is 59.2 Å². The Morgan fingerprint density at radius 3 is 2.86 bits per heavy atom. The number of para-hydroxylation sites is 2. The van der Waals surface area contributed by atoms with Crippen molar-refractivity contribution in [1.29, 1.82) is 0 Å². The predicted molar refractivity (Wildman–Crippen MR) is 103 cm³/mol. The number of fused-ring (bicyclic) bond motifs is 2. The van der Waals surface area contributed by atoms with Gasteiger partial charge in [0, 0.05) is 12.1 Å². The first kappa shape index (κ1) is 16.9. The van der Waals surface area contributed by atoms with Crippen LogP contribution in [0.15, 0.2) is 42.5 Å². The van der Waals surface area contributed by atoms with E-state index in [2.05, 4.69) is 9.97 Å². The van der Waals surface area contributed by atoms with E-state index in [0.29, 0.717) is 24.5 Å². The number of hydrogen-bond donors (Lipinski definition) is 3. The second kappa shape index (κ2) is 6.17. The summed E-state index contributed by atoms with van der Waals surface area (Å²) in [4.78, 5) is 34.7. The molecular formula is C21H20N4O3.